The van der Waals surface area contributed by atoms with Gasteiger partial charge in [-0.25, -0.2) is 0 Å². The van der Waals surface area contributed by atoms with Crippen molar-refractivity contribution in [3.05, 3.63) is 65.7 Å². The van der Waals surface area contributed by atoms with E-state index in [9.17, 15) is 13.2 Å². The molecule has 0 atom stereocenters. The largest absolute Gasteiger partial charge is 0.358 e. The van der Waals surface area contributed by atoms with Crippen molar-refractivity contribution >= 4 is 32.8 Å². The SMILES string of the molecule is Cc1ccc(S(=O)(=O)O/N=C2/SCCN(Cc3ccccc3)C2=O)cc1. The molecule has 0 N–H and O–H groups in total. The molecular formula is C18H18N2O4S2. The Morgan fingerprint density at radius 3 is 2.50 bits per heavy atom. The number of carbonyl (C=O) groups is 1. The first-order valence-electron chi connectivity index (χ1n) is 8.00. The van der Waals surface area contributed by atoms with E-state index in [-0.39, 0.29) is 15.8 Å². The fraction of sp³-hybridized carbons (Fsp3) is 0.222. The summed E-state index contributed by atoms with van der Waals surface area (Å²) < 4.78 is 29.2. The molecule has 2 aromatic carbocycles. The molecule has 1 heterocycles. The van der Waals surface area contributed by atoms with Gasteiger partial charge in [0.15, 0.2) is 0 Å². The van der Waals surface area contributed by atoms with Crippen LogP contribution in [0.3, 0.4) is 0 Å². The summed E-state index contributed by atoms with van der Waals surface area (Å²) >= 11 is 1.19. The first-order valence-corrected chi connectivity index (χ1v) is 10.4. The zero-order valence-electron chi connectivity index (χ0n) is 14.2. The molecule has 0 spiro atoms. The molecule has 136 valence electrons. The number of amides is 1. The minimum absolute atomic E-state index is 0.00171. The molecule has 0 saturated carbocycles. The molecule has 0 bridgehead atoms. The van der Waals surface area contributed by atoms with Gasteiger partial charge in [0.25, 0.3) is 5.91 Å². The van der Waals surface area contributed by atoms with Crippen LogP contribution in [0.4, 0.5) is 0 Å². The van der Waals surface area contributed by atoms with Gasteiger partial charge in [-0.3, -0.25) is 9.08 Å². The Morgan fingerprint density at radius 2 is 1.81 bits per heavy atom. The second kappa shape index (κ2) is 7.92. The molecule has 1 fully saturated rings. The molecule has 3 rings (SSSR count). The lowest BCUT2D eigenvalue weighted by Crippen LogP contribution is -2.40. The van der Waals surface area contributed by atoms with E-state index in [2.05, 4.69) is 5.16 Å². The second-order valence-electron chi connectivity index (χ2n) is 5.80. The number of carbonyl (C=O) groups excluding carboxylic acids is 1. The van der Waals surface area contributed by atoms with Crippen molar-refractivity contribution in [1.29, 1.82) is 0 Å². The zero-order chi connectivity index (χ0) is 18.6. The number of hydrogen-bond acceptors (Lipinski definition) is 6. The molecule has 0 radical (unpaired) electrons. The molecule has 1 saturated heterocycles. The van der Waals surface area contributed by atoms with Crippen molar-refractivity contribution in [3.63, 3.8) is 0 Å². The normalized spacial score (nSPS) is 16.7. The van der Waals surface area contributed by atoms with E-state index in [4.69, 9.17) is 4.28 Å². The average Bonchev–Trinajstić information content (AvgIpc) is 2.64. The Bertz CT molecular complexity index is 910. The summed E-state index contributed by atoms with van der Waals surface area (Å²) in [5.74, 6) is 0.301. The van der Waals surface area contributed by atoms with Crippen LogP contribution >= 0.6 is 11.8 Å². The minimum Gasteiger partial charge on any atom is -0.332 e. The summed E-state index contributed by atoms with van der Waals surface area (Å²) in [6, 6.07) is 15.8. The van der Waals surface area contributed by atoms with Crippen LogP contribution in [0, 0.1) is 6.92 Å². The summed E-state index contributed by atoms with van der Waals surface area (Å²) in [7, 11) is -4.05. The summed E-state index contributed by atoms with van der Waals surface area (Å²) in [5.41, 5.74) is 1.94. The van der Waals surface area contributed by atoms with E-state index < -0.39 is 10.1 Å². The van der Waals surface area contributed by atoms with E-state index in [0.29, 0.717) is 18.8 Å². The quantitative estimate of drug-likeness (QED) is 0.734. The van der Waals surface area contributed by atoms with E-state index in [1.165, 1.54) is 23.9 Å². The first-order chi connectivity index (χ1) is 12.5. The van der Waals surface area contributed by atoms with E-state index in [1.807, 2.05) is 37.3 Å². The number of rotatable bonds is 5. The number of hydrogen-bond donors (Lipinski definition) is 0. The molecule has 26 heavy (non-hydrogen) atoms. The van der Waals surface area contributed by atoms with Gasteiger partial charge in [0.05, 0.1) is 0 Å². The maximum Gasteiger partial charge on any atom is 0.358 e. The second-order valence-corrected chi connectivity index (χ2v) is 8.41. The Morgan fingerprint density at radius 1 is 1.12 bits per heavy atom. The number of nitrogens with zero attached hydrogens (tertiary/aromatic N) is 2. The highest BCUT2D eigenvalue weighted by atomic mass is 32.2. The third kappa shape index (κ3) is 4.44. The lowest BCUT2D eigenvalue weighted by molar-refractivity contribution is -0.124. The maximum absolute atomic E-state index is 12.5. The van der Waals surface area contributed by atoms with Crippen molar-refractivity contribution in [2.45, 2.75) is 18.4 Å². The van der Waals surface area contributed by atoms with Gasteiger partial charge in [-0.1, -0.05) is 64.9 Å². The lowest BCUT2D eigenvalue weighted by atomic mass is 10.2. The monoisotopic (exact) mass is 390 g/mol. The maximum atomic E-state index is 12.5. The van der Waals surface area contributed by atoms with Crippen LogP contribution in [0.1, 0.15) is 11.1 Å². The van der Waals surface area contributed by atoms with Crippen LogP contribution in [0.25, 0.3) is 0 Å². The van der Waals surface area contributed by atoms with Gasteiger partial charge in [0.1, 0.15) is 4.90 Å². The summed E-state index contributed by atoms with van der Waals surface area (Å²) in [4.78, 5) is 14.2. The zero-order valence-corrected chi connectivity index (χ0v) is 15.8. The molecule has 1 amide bonds. The van der Waals surface area contributed by atoms with Crippen LogP contribution in [-0.2, 0) is 25.7 Å². The molecule has 1 aliphatic rings. The van der Waals surface area contributed by atoms with Crippen molar-refractivity contribution in [2.24, 2.45) is 5.16 Å². The highest BCUT2D eigenvalue weighted by molar-refractivity contribution is 8.15. The topological polar surface area (TPSA) is 76.0 Å². The summed E-state index contributed by atoms with van der Waals surface area (Å²) in [6.45, 7) is 2.88. The predicted molar refractivity (Wildman–Crippen MR) is 101 cm³/mol. The first kappa shape index (κ1) is 18.5. The van der Waals surface area contributed by atoms with E-state index >= 15 is 0 Å². The molecule has 6 nitrogen and oxygen atoms in total. The molecule has 1 aliphatic heterocycles. The van der Waals surface area contributed by atoms with Crippen molar-refractivity contribution in [3.8, 4) is 0 Å². The highest BCUT2D eigenvalue weighted by Gasteiger charge is 2.27. The Balaban J connectivity index is 1.71. The van der Waals surface area contributed by atoms with Gasteiger partial charge < -0.3 is 4.90 Å². The van der Waals surface area contributed by atoms with Crippen LogP contribution in [0.2, 0.25) is 0 Å². The van der Waals surface area contributed by atoms with Crippen LogP contribution in [-0.4, -0.2) is 36.6 Å². The van der Waals surface area contributed by atoms with Gasteiger partial charge in [0.2, 0.25) is 5.04 Å². The number of benzene rings is 2. The molecule has 0 unspecified atom stereocenters. The molecule has 0 aliphatic carbocycles. The van der Waals surface area contributed by atoms with Crippen molar-refractivity contribution < 1.29 is 17.5 Å². The standard InChI is InChI=1S/C18H18N2O4S2/c1-14-7-9-16(10-8-14)26(22,23)24-19-17-18(21)20(11-12-25-17)13-15-5-3-2-4-6-15/h2-10H,11-13H2,1H3/b19-17+. The van der Waals surface area contributed by atoms with Gasteiger partial charge in [-0.15, -0.1) is 0 Å². The fourth-order valence-electron chi connectivity index (χ4n) is 2.40. The Kier molecular flexibility index (Phi) is 5.63. The van der Waals surface area contributed by atoms with E-state index in [1.54, 1.807) is 17.0 Å². The van der Waals surface area contributed by atoms with Gasteiger partial charge in [-0.05, 0) is 24.6 Å². The summed E-state index contributed by atoms with van der Waals surface area (Å²) in [6.07, 6.45) is 0. The lowest BCUT2D eigenvalue weighted by Gasteiger charge is -2.26. The van der Waals surface area contributed by atoms with E-state index in [0.717, 1.165) is 11.1 Å². The Hall–Kier alpha value is -2.32. The number of oxime groups is 1. The Labute approximate surface area is 157 Å². The predicted octanol–water partition coefficient (Wildman–Crippen LogP) is 2.79. The van der Waals surface area contributed by atoms with Crippen molar-refractivity contribution in [1.82, 2.24) is 4.90 Å². The van der Waals surface area contributed by atoms with Crippen molar-refractivity contribution in [2.75, 3.05) is 12.3 Å². The van der Waals surface area contributed by atoms with Crippen LogP contribution < -0.4 is 0 Å². The van der Waals surface area contributed by atoms with Gasteiger partial charge in [-0.2, -0.15) is 8.42 Å². The van der Waals surface area contributed by atoms with Crippen LogP contribution in [0.5, 0.6) is 0 Å². The average molecular weight is 390 g/mol. The number of thioether (sulfide) groups is 1. The molecular weight excluding hydrogens is 372 g/mol. The highest BCUT2D eigenvalue weighted by Crippen LogP contribution is 2.19. The third-order valence-electron chi connectivity index (χ3n) is 3.81. The number of aryl methyl sites for hydroxylation is 1. The molecule has 0 aromatic heterocycles. The molecule has 2 aromatic rings. The fourth-order valence-corrected chi connectivity index (χ4v) is 4.02. The van der Waals surface area contributed by atoms with Crippen LogP contribution in [0.15, 0.2) is 64.6 Å². The van der Waals surface area contributed by atoms with Gasteiger partial charge in [0, 0.05) is 18.8 Å². The van der Waals surface area contributed by atoms with Gasteiger partial charge >= 0.3 is 10.1 Å². The molecule has 8 heteroatoms. The summed E-state index contributed by atoms with van der Waals surface area (Å²) in [5, 5.41) is 3.67. The minimum atomic E-state index is -4.05. The smallest absolute Gasteiger partial charge is 0.332 e. The third-order valence-corrected chi connectivity index (χ3v) is 5.84.